The monoisotopic (exact) mass is 431 g/mol. The van der Waals surface area contributed by atoms with Crippen molar-refractivity contribution in [1.29, 1.82) is 0 Å². The van der Waals surface area contributed by atoms with Crippen LogP contribution < -0.4 is 10.2 Å². The number of carbonyl (C=O) groups is 3. The highest BCUT2D eigenvalue weighted by atomic mass is 16.6. The van der Waals surface area contributed by atoms with Crippen LogP contribution >= 0.6 is 0 Å². The third-order valence-corrected chi connectivity index (χ3v) is 5.95. The molecule has 2 heterocycles. The Hall–Kier alpha value is -3.17. The van der Waals surface area contributed by atoms with E-state index in [2.05, 4.69) is 10.2 Å². The molecule has 0 saturated carbocycles. The number of urea groups is 1. The molecule has 4 amide bonds. The highest BCUT2D eigenvalue weighted by Crippen LogP contribution is 2.28. The summed E-state index contributed by atoms with van der Waals surface area (Å²) < 4.78 is 0. The molecule has 3 rings (SSSR count). The van der Waals surface area contributed by atoms with E-state index in [0.29, 0.717) is 39.0 Å². The number of anilines is 1. The first-order valence-corrected chi connectivity index (χ1v) is 10.7. The SMILES string of the molecule is CCCC1(CCC)NC(=O)N(CC(=O)N2CCN(c3ccc([N+](=O)[O-])cc3)CC2)C1=O. The van der Waals surface area contributed by atoms with Gasteiger partial charge in [0.05, 0.1) is 4.92 Å². The Balaban J connectivity index is 1.58. The fourth-order valence-electron chi connectivity index (χ4n) is 4.37. The lowest BCUT2D eigenvalue weighted by atomic mass is 9.88. The summed E-state index contributed by atoms with van der Waals surface area (Å²) in [5, 5.41) is 13.6. The van der Waals surface area contributed by atoms with E-state index in [1.54, 1.807) is 17.0 Å². The standard InChI is InChI=1S/C21H29N5O5/c1-3-9-21(10-4-2)19(28)25(20(29)22-21)15-18(27)24-13-11-23(12-14-24)16-5-7-17(8-6-16)26(30)31/h5-8H,3-4,9-15H2,1-2H3,(H,22,29). The van der Waals surface area contributed by atoms with Crippen molar-refractivity contribution in [1.82, 2.24) is 15.1 Å². The first-order valence-electron chi connectivity index (χ1n) is 10.7. The Morgan fingerprint density at radius 2 is 1.65 bits per heavy atom. The summed E-state index contributed by atoms with van der Waals surface area (Å²) in [5.41, 5.74) is -0.000729. The van der Waals surface area contributed by atoms with Crippen LogP contribution in [0.25, 0.3) is 0 Å². The number of rotatable bonds is 8. The fourth-order valence-corrected chi connectivity index (χ4v) is 4.37. The van der Waals surface area contributed by atoms with E-state index in [1.807, 2.05) is 13.8 Å². The number of amides is 4. The van der Waals surface area contributed by atoms with Crippen LogP contribution in [-0.4, -0.2) is 70.8 Å². The quantitative estimate of drug-likeness (QED) is 0.383. The van der Waals surface area contributed by atoms with E-state index < -0.39 is 16.5 Å². The third kappa shape index (κ3) is 4.62. The lowest BCUT2D eigenvalue weighted by Gasteiger charge is -2.36. The highest BCUT2D eigenvalue weighted by molar-refractivity contribution is 6.09. The maximum Gasteiger partial charge on any atom is 0.325 e. The molecule has 10 nitrogen and oxygen atoms in total. The van der Waals surface area contributed by atoms with Crippen LogP contribution in [0.15, 0.2) is 24.3 Å². The van der Waals surface area contributed by atoms with Crippen LogP contribution in [-0.2, 0) is 9.59 Å². The maximum absolute atomic E-state index is 13.0. The molecule has 0 spiro atoms. The van der Waals surface area contributed by atoms with E-state index in [0.717, 1.165) is 23.4 Å². The molecular formula is C21H29N5O5. The lowest BCUT2D eigenvalue weighted by Crippen LogP contribution is -2.52. The van der Waals surface area contributed by atoms with E-state index in [4.69, 9.17) is 0 Å². The number of piperazine rings is 1. The number of nitrogens with one attached hydrogen (secondary N) is 1. The average molecular weight is 431 g/mol. The number of carbonyl (C=O) groups excluding carboxylic acids is 3. The van der Waals surface area contributed by atoms with Crippen LogP contribution in [0, 0.1) is 10.1 Å². The highest BCUT2D eigenvalue weighted by Gasteiger charge is 2.50. The van der Waals surface area contributed by atoms with Crippen LogP contribution in [0.2, 0.25) is 0 Å². The van der Waals surface area contributed by atoms with E-state index in [1.165, 1.54) is 12.1 Å². The van der Waals surface area contributed by atoms with Crippen molar-refractivity contribution in [3.8, 4) is 0 Å². The Kier molecular flexibility index (Phi) is 6.77. The minimum atomic E-state index is -0.893. The second kappa shape index (κ2) is 9.32. The van der Waals surface area contributed by atoms with E-state index >= 15 is 0 Å². The van der Waals surface area contributed by atoms with Crippen molar-refractivity contribution in [2.24, 2.45) is 0 Å². The molecule has 2 aliphatic heterocycles. The molecule has 0 aromatic heterocycles. The second-order valence-electron chi connectivity index (χ2n) is 8.04. The molecule has 0 bridgehead atoms. The Labute approximate surface area is 181 Å². The summed E-state index contributed by atoms with van der Waals surface area (Å²) in [5.74, 6) is -0.560. The minimum Gasteiger partial charge on any atom is -0.368 e. The zero-order chi connectivity index (χ0) is 22.6. The summed E-state index contributed by atoms with van der Waals surface area (Å²) in [6.45, 7) is 5.73. The largest absolute Gasteiger partial charge is 0.368 e. The minimum absolute atomic E-state index is 0.0355. The number of imide groups is 1. The van der Waals surface area contributed by atoms with Gasteiger partial charge in [0.1, 0.15) is 12.1 Å². The molecule has 168 valence electrons. The number of nitro groups is 1. The van der Waals surface area contributed by atoms with Crippen molar-refractivity contribution >= 4 is 29.2 Å². The maximum atomic E-state index is 13.0. The van der Waals surface area contributed by atoms with Gasteiger partial charge in [0.15, 0.2) is 0 Å². The van der Waals surface area contributed by atoms with Gasteiger partial charge in [0.2, 0.25) is 5.91 Å². The van der Waals surface area contributed by atoms with Gasteiger partial charge in [-0.2, -0.15) is 0 Å². The van der Waals surface area contributed by atoms with Crippen LogP contribution in [0.3, 0.4) is 0 Å². The van der Waals surface area contributed by atoms with Crippen LogP contribution in [0.1, 0.15) is 39.5 Å². The summed E-state index contributed by atoms with van der Waals surface area (Å²) in [7, 11) is 0. The van der Waals surface area contributed by atoms with Gasteiger partial charge in [-0.25, -0.2) is 4.79 Å². The van der Waals surface area contributed by atoms with Crippen LogP contribution in [0.5, 0.6) is 0 Å². The molecule has 1 aromatic rings. The normalized spacial score (nSPS) is 18.3. The molecule has 10 heteroatoms. The van der Waals surface area contributed by atoms with Gasteiger partial charge >= 0.3 is 6.03 Å². The average Bonchev–Trinajstić information content (AvgIpc) is 2.98. The summed E-state index contributed by atoms with van der Waals surface area (Å²) >= 11 is 0. The number of nitrogens with zero attached hydrogens (tertiary/aromatic N) is 4. The van der Waals surface area contributed by atoms with Crippen LogP contribution in [0.4, 0.5) is 16.2 Å². The van der Waals surface area contributed by atoms with Gasteiger partial charge in [0.25, 0.3) is 11.6 Å². The Morgan fingerprint density at radius 3 is 2.16 bits per heavy atom. The molecule has 2 saturated heterocycles. The predicted octanol–water partition coefficient (Wildman–Crippen LogP) is 2.13. The van der Waals surface area contributed by atoms with Gasteiger partial charge < -0.3 is 15.1 Å². The Bertz CT molecular complexity index is 842. The molecule has 2 fully saturated rings. The van der Waals surface area contributed by atoms with Crippen molar-refractivity contribution in [3.05, 3.63) is 34.4 Å². The fraction of sp³-hybridized carbons (Fsp3) is 0.571. The molecule has 0 radical (unpaired) electrons. The van der Waals surface area contributed by atoms with Crippen molar-refractivity contribution in [3.63, 3.8) is 0 Å². The molecule has 0 aliphatic carbocycles. The van der Waals surface area contributed by atoms with Gasteiger partial charge in [-0.05, 0) is 25.0 Å². The summed E-state index contributed by atoms with van der Waals surface area (Å²) in [4.78, 5) is 53.3. The van der Waals surface area contributed by atoms with Gasteiger partial charge in [-0.15, -0.1) is 0 Å². The van der Waals surface area contributed by atoms with Crippen molar-refractivity contribution < 1.29 is 19.3 Å². The van der Waals surface area contributed by atoms with E-state index in [9.17, 15) is 24.5 Å². The van der Waals surface area contributed by atoms with Gasteiger partial charge in [0, 0.05) is 44.0 Å². The first-order chi connectivity index (χ1) is 14.8. The number of non-ortho nitro benzene ring substituents is 1. The molecule has 0 unspecified atom stereocenters. The molecular weight excluding hydrogens is 402 g/mol. The lowest BCUT2D eigenvalue weighted by molar-refractivity contribution is -0.384. The number of benzene rings is 1. The molecule has 1 N–H and O–H groups in total. The van der Waals surface area contributed by atoms with Crippen molar-refractivity contribution in [2.45, 2.75) is 45.1 Å². The van der Waals surface area contributed by atoms with Gasteiger partial charge in [-0.1, -0.05) is 26.7 Å². The summed E-state index contributed by atoms with van der Waals surface area (Å²) in [6, 6.07) is 5.82. The zero-order valence-corrected chi connectivity index (χ0v) is 18.0. The molecule has 0 atom stereocenters. The molecule has 31 heavy (non-hydrogen) atoms. The number of hydrogen-bond donors (Lipinski definition) is 1. The van der Waals surface area contributed by atoms with Crippen molar-refractivity contribution in [2.75, 3.05) is 37.6 Å². The zero-order valence-electron chi connectivity index (χ0n) is 18.0. The number of nitro benzene ring substituents is 1. The summed E-state index contributed by atoms with van der Waals surface area (Å²) in [6.07, 6.45) is 2.64. The second-order valence-corrected chi connectivity index (χ2v) is 8.04. The molecule has 1 aromatic carbocycles. The first kappa shape index (κ1) is 22.5. The van der Waals surface area contributed by atoms with E-state index in [-0.39, 0.29) is 24.0 Å². The Morgan fingerprint density at radius 1 is 1.06 bits per heavy atom. The third-order valence-electron chi connectivity index (χ3n) is 5.95. The number of hydrogen-bond acceptors (Lipinski definition) is 6. The van der Waals surface area contributed by atoms with Gasteiger partial charge in [-0.3, -0.25) is 24.6 Å². The molecule has 2 aliphatic rings. The topological polar surface area (TPSA) is 116 Å². The predicted molar refractivity (Wildman–Crippen MR) is 115 cm³/mol. The smallest absolute Gasteiger partial charge is 0.325 e.